The van der Waals surface area contributed by atoms with Crippen molar-refractivity contribution in [2.24, 2.45) is 0 Å². The molecule has 27 nitrogen and oxygen atoms in total. The summed E-state index contributed by atoms with van der Waals surface area (Å²) in [6.45, 7) is -0.955. The average Bonchev–Trinajstić information content (AvgIpc) is 3.42. The normalized spacial score (nSPS) is 20.1. The Labute approximate surface area is 322 Å². The van der Waals surface area contributed by atoms with Gasteiger partial charge in [-0.15, -0.1) is 0 Å². The molecule has 1 aromatic heterocycles. The second kappa shape index (κ2) is 22.7. The predicted octanol–water partition coefficient (Wildman–Crippen LogP) is -1.65. The molecule has 0 bridgehead atoms. The van der Waals surface area contributed by atoms with Gasteiger partial charge in [0.25, 0.3) is 0 Å². The maximum Gasteiger partial charge on any atom is 0.490 e. The quantitative estimate of drug-likeness (QED) is 0.0163. The van der Waals surface area contributed by atoms with Crippen LogP contribution in [0.5, 0.6) is 0 Å². The van der Waals surface area contributed by atoms with Gasteiger partial charge in [-0.3, -0.25) is 38.5 Å². The molecule has 0 aromatic carbocycles. The van der Waals surface area contributed by atoms with E-state index in [1.807, 2.05) is 0 Å². The van der Waals surface area contributed by atoms with Crippen molar-refractivity contribution >= 4 is 86.8 Å². The van der Waals surface area contributed by atoms with Crippen molar-refractivity contribution in [1.82, 2.24) is 25.7 Å². The van der Waals surface area contributed by atoms with Crippen molar-refractivity contribution in [2.45, 2.75) is 69.0 Å². The number of aliphatic hydroxyl groups excluding tert-OH is 1. The van der Waals surface area contributed by atoms with Crippen LogP contribution in [0.25, 0.3) is 0 Å². The number of carbonyl (C=O) groups excluding carboxylic acids is 4. The second-order valence-corrected chi connectivity index (χ2v) is 18.2. The van der Waals surface area contributed by atoms with Gasteiger partial charge in [-0.2, -0.15) is 13.6 Å². The minimum Gasteiger partial charge on any atom is -0.481 e. The molecule has 1 fully saturated rings. The molecule has 2 rings (SSSR count). The summed E-state index contributed by atoms with van der Waals surface area (Å²) in [6.07, 6.45) is -4.12. The Morgan fingerprint density at radius 2 is 1.64 bits per heavy atom. The highest BCUT2D eigenvalue weighted by atomic mass is 33.1. The van der Waals surface area contributed by atoms with Gasteiger partial charge < -0.3 is 55.1 Å². The first-order valence-corrected chi connectivity index (χ1v) is 22.5. The molecule has 1 aliphatic heterocycles. The summed E-state index contributed by atoms with van der Waals surface area (Å²) >= 11 is 0. The lowest BCUT2D eigenvalue weighted by atomic mass is 10.1. The van der Waals surface area contributed by atoms with Crippen LogP contribution in [0.3, 0.4) is 0 Å². The smallest absolute Gasteiger partial charge is 0.481 e. The molecule has 32 heteroatoms. The number of amides is 3. The number of carboxylic acid groups (broad SMARTS) is 2. The minimum atomic E-state index is -5.77. The highest BCUT2D eigenvalue weighted by molar-refractivity contribution is 8.76. The molecule has 7 atom stereocenters. The standard InChI is InChI=1S/C24H37N6O21P3S2/c31-11-13(8-21(35)36)25-23(39)14(9-22(37)38)28-29-19(34)2-1-6-55-56-7-4-18(33)26-17-3-5-30(24(40)27-17)20-10-15(32)16(49-20)12-48-53(44,45)51-54(46,47)50-52(41,42)43/h3,5,11,13-16,20,28,32H,1-2,4,6-10,12H2,(H,25,39)(H,29,34)(H,35,36)(H,37,38)(H,44,45)(H,46,47)(H2,41,42,43)(H,26,27,33,40)/t13-,14-,15?,16?,20?/m0/s1. The van der Waals surface area contributed by atoms with E-state index in [9.17, 15) is 62.2 Å². The molecule has 316 valence electrons. The summed E-state index contributed by atoms with van der Waals surface area (Å²) in [5.41, 5.74) is 3.52. The van der Waals surface area contributed by atoms with Crippen molar-refractivity contribution in [3.63, 3.8) is 0 Å². The number of carboxylic acids is 2. The minimum absolute atomic E-state index is 0.00744. The second-order valence-electron chi connectivity index (χ2n) is 11.1. The molecule has 1 aliphatic rings. The summed E-state index contributed by atoms with van der Waals surface area (Å²) in [4.78, 5) is 122. The van der Waals surface area contributed by atoms with Gasteiger partial charge in [-0.1, -0.05) is 21.6 Å². The molecule has 11 N–H and O–H groups in total. The number of rotatable bonds is 26. The Bertz CT molecular complexity index is 1780. The van der Waals surface area contributed by atoms with Gasteiger partial charge in [0, 0.05) is 37.0 Å². The first-order chi connectivity index (χ1) is 26.0. The summed E-state index contributed by atoms with van der Waals surface area (Å²) < 4.78 is 52.1. The summed E-state index contributed by atoms with van der Waals surface area (Å²) in [7, 11) is -14.2. The Morgan fingerprint density at radius 3 is 2.25 bits per heavy atom. The van der Waals surface area contributed by atoms with Crippen molar-refractivity contribution in [1.29, 1.82) is 0 Å². The van der Waals surface area contributed by atoms with Crippen molar-refractivity contribution in [3.8, 4) is 0 Å². The van der Waals surface area contributed by atoms with E-state index in [1.165, 1.54) is 33.9 Å². The number of phosphoric acid groups is 3. The number of hydrogen-bond donors (Lipinski definition) is 11. The van der Waals surface area contributed by atoms with Crippen LogP contribution in [0.15, 0.2) is 17.1 Å². The maximum atomic E-state index is 12.6. The number of anilines is 1. The zero-order valence-electron chi connectivity index (χ0n) is 28.4. The SMILES string of the molecule is O=C[C@H](CC(=O)O)NC(=O)[C@H](CC(=O)O)NNC(=O)CCCSSCCC(=O)Nc1ccn(C2CC(O)C(COP(=O)(O)OP(=O)(O)OP(=O)(O)O)O2)c(=O)n1. The summed E-state index contributed by atoms with van der Waals surface area (Å²) in [5.74, 6) is -4.25. The van der Waals surface area contributed by atoms with E-state index in [-0.39, 0.29) is 31.4 Å². The van der Waals surface area contributed by atoms with E-state index in [1.54, 1.807) is 0 Å². The number of aromatic nitrogens is 2. The number of phosphoric ester groups is 1. The van der Waals surface area contributed by atoms with Crippen LogP contribution < -0.4 is 27.2 Å². The van der Waals surface area contributed by atoms with Gasteiger partial charge in [-0.25, -0.2) is 23.9 Å². The third-order valence-electron chi connectivity index (χ3n) is 6.52. The average molecular weight is 903 g/mol. The Kier molecular flexibility index (Phi) is 19.9. The Hall–Kier alpha value is -3.11. The number of nitrogens with one attached hydrogen (secondary N) is 4. The number of carbonyl (C=O) groups is 6. The molecule has 0 spiro atoms. The molecule has 0 saturated carbocycles. The zero-order chi connectivity index (χ0) is 42.3. The van der Waals surface area contributed by atoms with Crippen LogP contribution in [-0.4, -0.2) is 123 Å². The maximum absolute atomic E-state index is 12.6. The molecule has 0 radical (unpaired) electrons. The van der Waals surface area contributed by atoms with Gasteiger partial charge in [-0.05, 0) is 12.5 Å². The number of hydrazine groups is 1. The molecule has 2 heterocycles. The molecule has 1 aromatic rings. The molecule has 5 unspecified atom stereocenters. The molecule has 3 amide bonds. The van der Waals surface area contributed by atoms with Crippen LogP contribution in [0.4, 0.5) is 5.82 Å². The monoisotopic (exact) mass is 902 g/mol. The van der Waals surface area contributed by atoms with Gasteiger partial charge >= 0.3 is 41.1 Å². The van der Waals surface area contributed by atoms with Crippen molar-refractivity contribution in [3.05, 3.63) is 22.7 Å². The third kappa shape index (κ3) is 19.4. The number of aldehydes is 1. The lowest BCUT2D eigenvalue weighted by molar-refractivity contribution is -0.142. The Morgan fingerprint density at radius 1 is 0.982 bits per heavy atom. The van der Waals surface area contributed by atoms with E-state index in [0.29, 0.717) is 17.9 Å². The number of hydrogen-bond acceptors (Lipinski definition) is 19. The first-order valence-electron chi connectivity index (χ1n) is 15.5. The highest BCUT2D eigenvalue weighted by Crippen LogP contribution is 2.66. The fourth-order valence-electron chi connectivity index (χ4n) is 4.18. The summed E-state index contributed by atoms with van der Waals surface area (Å²) in [5, 5.41) is 32.6. The number of ether oxygens (including phenoxy) is 1. The van der Waals surface area contributed by atoms with Crippen LogP contribution in [0.2, 0.25) is 0 Å². The lowest BCUT2D eigenvalue weighted by Crippen LogP contribution is -2.54. The largest absolute Gasteiger partial charge is 0.490 e. The lowest BCUT2D eigenvalue weighted by Gasteiger charge is -2.19. The molecule has 1 saturated heterocycles. The van der Waals surface area contributed by atoms with Gasteiger partial charge in [0.1, 0.15) is 30.5 Å². The third-order valence-corrected chi connectivity index (χ3v) is 12.8. The van der Waals surface area contributed by atoms with Crippen LogP contribution in [0.1, 0.15) is 44.8 Å². The Balaban J connectivity index is 1.71. The first kappa shape index (κ1) is 49.0. The number of nitrogens with zero attached hydrogens (tertiary/aromatic N) is 2. The predicted molar refractivity (Wildman–Crippen MR) is 188 cm³/mol. The highest BCUT2D eigenvalue weighted by Gasteiger charge is 2.43. The topological polar surface area (TPSA) is 415 Å². The molecule has 0 aliphatic carbocycles. The van der Waals surface area contributed by atoms with E-state index in [0.717, 1.165) is 4.57 Å². The van der Waals surface area contributed by atoms with Crippen LogP contribution >= 0.6 is 45.1 Å². The molecular weight excluding hydrogens is 865 g/mol. The number of aliphatic hydroxyl groups is 1. The van der Waals surface area contributed by atoms with Gasteiger partial charge in [0.2, 0.25) is 17.7 Å². The molecular formula is C24H37N6O21P3S2. The number of aliphatic carboxylic acids is 2. The zero-order valence-corrected chi connectivity index (χ0v) is 32.7. The van der Waals surface area contributed by atoms with Crippen molar-refractivity contribution in [2.75, 3.05) is 23.4 Å². The van der Waals surface area contributed by atoms with Crippen LogP contribution in [-0.2, 0) is 60.3 Å². The van der Waals surface area contributed by atoms with Gasteiger partial charge in [0.05, 0.1) is 31.6 Å². The summed E-state index contributed by atoms with van der Waals surface area (Å²) in [6, 6.07) is -1.67. The van der Waals surface area contributed by atoms with Crippen LogP contribution in [0, 0.1) is 0 Å². The van der Waals surface area contributed by atoms with E-state index in [2.05, 4.69) is 39.6 Å². The molecule has 56 heavy (non-hydrogen) atoms. The van der Waals surface area contributed by atoms with E-state index >= 15 is 0 Å². The van der Waals surface area contributed by atoms with E-state index < -0.39 is 109 Å². The van der Waals surface area contributed by atoms with E-state index in [4.69, 9.17) is 24.7 Å². The fourth-order valence-corrected chi connectivity index (χ4v) is 9.28. The van der Waals surface area contributed by atoms with Gasteiger partial charge in [0.15, 0.2) is 0 Å². The van der Waals surface area contributed by atoms with Crippen molar-refractivity contribution < 1.29 is 95.2 Å². The fraction of sp³-hybridized carbons (Fsp3) is 0.583.